The lowest BCUT2D eigenvalue weighted by atomic mass is 9.94. The van der Waals surface area contributed by atoms with Gasteiger partial charge in [0.15, 0.2) is 0 Å². The van der Waals surface area contributed by atoms with Crippen LogP contribution < -0.4 is 5.32 Å². The van der Waals surface area contributed by atoms with Crippen LogP contribution in [0.1, 0.15) is 23.2 Å². The predicted octanol–water partition coefficient (Wildman–Crippen LogP) is 2.93. The van der Waals surface area contributed by atoms with Gasteiger partial charge in [0.05, 0.1) is 0 Å². The number of nitrogens with zero attached hydrogens (tertiary/aromatic N) is 1. The fraction of sp³-hybridized carbons (Fsp3) is 0.500. The number of likely N-dealkylation sites (tertiary alicyclic amines) is 1. The lowest BCUT2D eigenvalue weighted by molar-refractivity contribution is 0.0785. The van der Waals surface area contributed by atoms with E-state index in [1.807, 2.05) is 11.0 Å². The molecule has 0 spiro atoms. The molecular weight excluding hydrogens is 328 g/mol. The minimum atomic E-state index is 0.0828. The average molecular weight is 344 g/mol. The highest BCUT2D eigenvalue weighted by atomic mass is 79.9. The number of halogens is 2. The molecule has 2 aliphatic heterocycles. The molecule has 0 aliphatic carbocycles. The van der Waals surface area contributed by atoms with Gasteiger partial charge >= 0.3 is 0 Å². The molecule has 1 aromatic rings. The van der Waals surface area contributed by atoms with Crippen LogP contribution >= 0.6 is 27.5 Å². The molecule has 5 heteroatoms. The van der Waals surface area contributed by atoms with Gasteiger partial charge in [-0.25, -0.2) is 0 Å². The number of piperidine rings is 1. The Bertz CT molecular complexity index is 474. The number of rotatable bonds is 1. The minimum Gasteiger partial charge on any atom is -0.337 e. The van der Waals surface area contributed by atoms with Gasteiger partial charge < -0.3 is 10.2 Å². The maximum absolute atomic E-state index is 12.5. The Morgan fingerprint density at radius 2 is 2.21 bits per heavy atom. The predicted molar refractivity (Wildman–Crippen MR) is 79.6 cm³/mol. The molecule has 19 heavy (non-hydrogen) atoms. The molecule has 2 fully saturated rings. The Hall–Kier alpha value is -0.580. The van der Waals surface area contributed by atoms with E-state index in [0.29, 0.717) is 22.5 Å². The fourth-order valence-electron chi connectivity index (χ4n) is 3.07. The smallest absolute Gasteiger partial charge is 0.254 e. The second kappa shape index (κ2) is 5.43. The SMILES string of the molecule is O=C(c1cc(Cl)cc(Br)c1)N1C[C@@H]2CCCN[C@@H]2C1. The van der Waals surface area contributed by atoms with Gasteiger partial charge in [-0.1, -0.05) is 27.5 Å². The number of fused-ring (bicyclic) bond motifs is 1. The largest absolute Gasteiger partial charge is 0.337 e. The van der Waals surface area contributed by atoms with Crippen molar-refractivity contribution < 1.29 is 4.79 Å². The summed E-state index contributed by atoms with van der Waals surface area (Å²) in [6, 6.07) is 5.84. The van der Waals surface area contributed by atoms with Crippen molar-refractivity contribution >= 4 is 33.4 Å². The van der Waals surface area contributed by atoms with Gasteiger partial charge in [0.25, 0.3) is 5.91 Å². The third-order valence-corrected chi connectivity index (χ3v) is 4.67. The van der Waals surface area contributed by atoms with E-state index in [0.717, 1.165) is 24.1 Å². The van der Waals surface area contributed by atoms with E-state index in [4.69, 9.17) is 11.6 Å². The van der Waals surface area contributed by atoms with Crippen molar-refractivity contribution in [2.45, 2.75) is 18.9 Å². The molecule has 2 heterocycles. The lowest BCUT2D eigenvalue weighted by Crippen LogP contribution is -2.41. The van der Waals surface area contributed by atoms with Gasteiger partial charge in [-0.3, -0.25) is 4.79 Å². The van der Waals surface area contributed by atoms with Gasteiger partial charge in [0.1, 0.15) is 0 Å². The molecule has 1 amide bonds. The lowest BCUT2D eigenvalue weighted by Gasteiger charge is -2.24. The Morgan fingerprint density at radius 1 is 1.37 bits per heavy atom. The number of carbonyl (C=O) groups excluding carboxylic acids is 1. The van der Waals surface area contributed by atoms with Crippen LogP contribution in [0.15, 0.2) is 22.7 Å². The first-order chi connectivity index (χ1) is 9.13. The number of hydrogen-bond acceptors (Lipinski definition) is 2. The van der Waals surface area contributed by atoms with Gasteiger partial charge in [0, 0.05) is 34.2 Å². The summed E-state index contributed by atoms with van der Waals surface area (Å²) in [5.74, 6) is 0.694. The highest BCUT2D eigenvalue weighted by molar-refractivity contribution is 9.10. The summed E-state index contributed by atoms with van der Waals surface area (Å²) in [4.78, 5) is 14.5. The van der Waals surface area contributed by atoms with Crippen LogP contribution in [0.25, 0.3) is 0 Å². The van der Waals surface area contributed by atoms with Gasteiger partial charge in [-0.2, -0.15) is 0 Å². The summed E-state index contributed by atoms with van der Waals surface area (Å²) in [7, 11) is 0. The van der Waals surface area contributed by atoms with Crippen LogP contribution in [0.4, 0.5) is 0 Å². The number of hydrogen-bond donors (Lipinski definition) is 1. The summed E-state index contributed by atoms with van der Waals surface area (Å²) in [6.07, 6.45) is 2.44. The van der Waals surface area contributed by atoms with Crippen molar-refractivity contribution in [2.75, 3.05) is 19.6 Å². The van der Waals surface area contributed by atoms with Crippen LogP contribution in [-0.2, 0) is 0 Å². The molecule has 0 aromatic heterocycles. The standard InChI is InChI=1S/C14H16BrClN2O/c15-11-4-10(5-12(16)6-11)14(19)18-7-9-2-1-3-17-13(9)8-18/h4-6,9,13,17H,1-3,7-8H2/t9-,13+/m0/s1. The van der Waals surface area contributed by atoms with E-state index in [2.05, 4.69) is 21.2 Å². The van der Waals surface area contributed by atoms with Crippen molar-refractivity contribution in [3.8, 4) is 0 Å². The topological polar surface area (TPSA) is 32.3 Å². The molecule has 2 atom stereocenters. The zero-order valence-electron chi connectivity index (χ0n) is 10.5. The van der Waals surface area contributed by atoms with E-state index >= 15 is 0 Å². The summed E-state index contributed by atoms with van der Waals surface area (Å²) >= 11 is 9.39. The van der Waals surface area contributed by atoms with Gasteiger partial charge in [-0.05, 0) is 43.5 Å². The summed E-state index contributed by atoms with van der Waals surface area (Å²) in [6.45, 7) is 2.75. The van der Waals surface area contributed by atoms with E-state index in [-0.39, 0.29) is 5.91 Å². The van der Waals surface area contributed by atoms with Crippen molar-refractivity contribution in [2.24, 2.45) is 5.92 Å². The van der Waals surface area contributed by atoms with Gasteiger partial charge in [-0.15, -0.1) is 0 Å². The fourth-order valence-corrected chi connectivity index (χ4v) is 3.93. The zero-order chi connectivity index (χ0) is 13.4. The zero-order valence-corrected chi connectivity index (χ0v) is 12.9. The van der Waals surface area contributed by atoms with E-state index < -0.39 is 0 Å². The first-order valence-corrected chi connectivity index (χ1v) is 7.79. The molecule has 1 N–H and O–H groups in total. The van der Waals surface area contributed by atoms with Crippen LogP contribution in [0.3, 0.4) is 0 Å². The molecule has 3 nitrogen and oxygen atoms in total. The van der Waals surface area contributed by atoms with Gasteiger partial charge in [0.2, 0.25) is 0 Å². The van der Waals surface area contributed by atoms with Crippen molar-refractivity contribution in [1.29, 1.82) is 0 Å². The third kappa shape index (κ3) is 2.81. The molecule has 1 aromatic carbocycles. The highest BCUT2D eigenvalue weighted by Gasteiger charge is 2.36. The normalized spacial score (nSPS) is 26.3. The minimum absolute atomic E-state index is 0.0828. The first-order valence-electron chi connectivity index (χ1n) is 6.62. The molecule has 2 aliphatic rings. The summed E-state index contributed by atoms with van der Waals surface area (Å²) in [5, 5.41) is 4.10. The summed E-state index contributed by atoms with van der Waals surface area (Å²) in [5.41, 5.74) is 0.665. The van der Waals surface area contributed by atoms with Crippen molar-refractivity contribution in [1.82, 2.24) is 10.2 Å². The maximum Gasteiger partial charge on any atom is 0.254 e. The van der Waals surface area contributed by atoms with E-state index in [9.17, 15) is 4.79 Å². The average Bonchev–Trinajstić information content (AvgIpc) is 2.80. The Morgan fingerprint density at radius 3 is 2.95 bits per heavy atom. The third-order valence-electron chi connectivity index (χ3n) is 4.00. The molecule has 0 bridgehead atoms. The number of amides is 1. The highest BCUT2D eigenvalue weighted by Crippen LogP contribution is 2.27. The Labute approximate surface area is 126 Å². The molecule has 0 radical (unpaired) electrons. The maximum atomic E-state index is 12.5. The van der Waals surface area contributed by atoms with Crippen LogP contribution in [0, 0.1) is 5.92 Å². The van der Waals surface area contributed by atoms with Crippen LogP contribution in [0.2, 0.25) is 5.02 Å². The number of carbonyl (C=O) groups is 1. The molecule has 102 valence electrons. The molecule has 0 saturated carbocycles. The van der Waals surface area contributed by atoms with E-state index in [1.54, 1.807) is 12.1 Å². The van der Waals surface area contributed by atoms with Crippen molar-refractivity contribution in [3.63, 3.8) is 0 Å². The summed E-state index contributed by atoms with van der Waals surface area (Å²) < 4.78 is 0.845. The first kappa shape index (κ1) is 13.4. The second-order valence-corrected chi connectivity index (χ2v) is 6.68. The quantitative estimate of drug-likeness (QED) is 0.850. The second-order valence-electron chi connectivity index (χ2n) is 5.33. The number of nitrogens with one attached hydrogen (secondary N) is 1. The van der Waals surface area contributed by atoms with Crippen LogP contribution in [-0.4, -0.2) is 36.5 Å². The monoisotopic (exact) mass is 342 g/mol. The molecular formula is C14H16BrClN2O. The van der Waals surface area contributed by atoms with Crippen molar-refractivity contribution in [3.05, 3.63) is 33.3 Å². The Balaban J connectivity index is 1.77. The molecule has 2 saturated heterocycles. The molecule has 0 unspecified atom stereocenters. The molecule has 3 rings (SSSR count). The van der Waals surface area contributed by atoms with E-state index in [1.165, 1.54) is 12.8 Å². The Kier molecular flexibility index (Phi) is 3.83. The van der Waals surface area contributed by atoms with Crippen LogP contribution in [0.5, 0.6) is 0 Å². The number of benzene rings is 1.